The van der Waals surface area contributed by atoms with Crippen molar-refractivity contribution in [2.45, 2.75) is 26.9 Å². The van der Waals surface area contributed by atoms with Gasteiger partial charge in [-0.15, -0.1) is 0 Å². The Morgan fingerprint density at radius 1 is 1.00 bits per heavy atom. The van der Waals surface area contributed by atoms with Gasteiger partial charge in [0, 0.05) is 26.2 Å². The molecule has 2 rings (SSSR count). The SMILES string of the molecule is Cc1ccc(C)c(OCC(=O)N2CCN(C(=O)C(F)(F)F)CC2)c1C. The number of carbonyl (C=O) groups excluding carboxylic acids is 2. The molecular formula is C17H21F3N2O3. The molecule has 0 unspecified atom stereocenters. The van der Waals surface area contributed by atoms with E-state index < -0.39 is 12.1 Å². The van der Waals surface area contributed by atoms with Crippen LogP contribution in [0.15, 0.2) is 12.1 Å². The zero-order valence-corrected chi connectivity index (χ0v) is 14.4. The summed E-state index contributed by atoms with van der Waals surface area (Å²) in [5.41, 5.74) is 2.91. The van der Waals surface area contributed by atoms with Crippen LogP contribution in [-0.2, 0) is 9.59 Å². The zero-order valence-electron chi connectivity index (χ0n) is 14.4. The summed E-state index contributed by atoms with van der Waals surface area (Å²) in [7, 11) is 0. The number of carbonyl (C=O) groups is 2. The lowest BCUT2D eigenvalue weighted by Gasteiger charge is -2.35. The number of hydrogen-bond acceptors (Lipinski definition) is 3. The standard InChI is InChI=1S/C17H21F3N2O3/c1-11-4-5-12(2)15(13(11)3)25-10-14(23)21-6-8-22(9-7-21)16(24)17(18,19)20/h4-5H,6-10H2,1-3H3. The Balaban J connectivity index is 1.90. The van der Waals surface area contributed by atoms with Gasteiger partial charge in [0.25, 0.3) is 5.91 Å². The van der Waals surface area contributed by atoms with E-state index in [0.717, 1.165) is 21.6 Å². The van der Waals surface area contributed by atoms with Crippen molar-refractivity contribution in [3.63, 3.8) is 0 Å². The smallest absolute Gasteiger partial charge is 0.471 e. The number of aryl methyl sites for hydroxylation is 2. The number of rotatable bonds is 3. The van der Waals surface area contributed by atoms with Crippen LogP contribution >= 0.6 is 0 Å². The first-order valence-electron chi connectivity index (χ1n) is 7.94. The van der Waals surface area contributed by atoms with Crippen LogP contribution in [0.5, 0.6) is 5.75 Å². The average molecular weight is 358 g/mol. The highest BCUT2D eigenvalue weighted by atomic mass is 19.4. The number of hydrogen-bond donors (Lipinski definition) is 0. The summed E-state index contributed by atoms with van der Waals surface area (Å²) < 4.78 is 42.9. The summed E-state index contributed by atoms with van der Waals surface area (Å²) in [5.74, 6) is -1.51. The summed E-state index contributed by atoms with van der Waals surface area (Å²) >= 11 is 0. The quantitative estimate of drug-likeness (QED) is 0.833. The van der Waals surface area contributed by atoms with E-state index in [0.29, 0.717) is 5.75 Å². The summed E-state index contributed by atoms with van der Waals surface area (Å²) in [6.07, 6.45) is -4.88. The Morgan fingerprint density at radius 2 is 1.52 bits per heavy atom. The molecule has 5 nitrogen and oxygen atoms in total. The van der Waals surface area contributed by atoms with E-state index >= 15 is 0 Å². The third-order valence-electron chi connectivity index (χ3n) is 4.38. The van der Waals surface area contributed by atoms with Gasteiger partial charge in [-0.3, -0.25) is 9.59 Å². The van der Waals surface area contributed by atoms with Crippen LogP contribution in [0.2, 0.25) is 0 Å². The second-order valence-electron chi connectivity index (χ2n) is 6.11. The second-order valence-corrected chi connectivity index (χ2v) is 6.11. The number of halogens is 3. The Labute approximate surface area is 144 Å². The highest BCUT2D eigenvalue weighted by Gasteiger charge is 2.43. The fourth-order valence-electron chi connectivity index (χ4n) is 2.71. The van der Waals surface area contributed by atoms with Gasteiger partial charge in [-0.1, -0.05) is 12.1 Å². The second kappa shape index (κ2) is 7.33. The van der Waals surface area contributed by atoms with Crippen LogP contribution < -0.4 is 4.74 Å². The maximum Gasteiger partial charge on any atom is 0.471 e. The molecule has 0 spiro atoms. The molecule has 0 atom stereocenters. The molecule has 1 saturated heterocycles. The van der Waals surface area contributed by atoms with Gasteiger partial charge in [0.05, 0.1) is 0 Å². The van der Waals surface area contributed by atoms with Crippen molar-refractivity contribution in [3.8, 4) is 5.75 Å². The first kappa shape index (κ1) is 19.1. The minimum atomic E-state index is -4.88. The van der Waals surface area contributed by atoms with Gasteiger partial charge < -0.3 is 14.5 Å². The van der Waals surface area contributed by atoms with Crippen LogP contribution in [0, 0.1) is 20.8 Å². The maximum atomic E-state index is 12.4. The summed E-state index contributed by atoms with van der Waals surface area (Å²) in [4.78, 5) is 25.6. The minimum Gasteiger partial charge on any atom is -0.483 e. The van der Waals surface area contributed by atoms with Crippen molar-refractivity contribution in [3.05, 3.63) is 28.8 Å². The van der Waals surface area contributed by atoms with E-state index in [1.54, 1.807) is 0 Å². The lowest BCUT2D eigenvalue weighted by atomic mass is 10.1. The minimum absolute atomic E-state index is 0.0653. The van der Waals surface area contributed by atoms with Crippen LogP contribution in [-0.4, -0.2) is 60.6 Å². The van der Waals surface area contributed by atoms with E-state index in [4.69, 9.17) is 4.74 Å². The van der Waals surface area contributed by atoms with Crippen molar-refractivity contribution < 1.29 is 27.5 Å². The lowest BCUT2D eigenvalue weighted by Crippen LogP contribution is -2.54. The fraction of sp³-hybridized carbons (Fsp3) is 0.529. The molecule has 0 saturated carbocycles. The largest absolute Gasteiger partial charge is 0.483 e. The molecule has 1 aliphatic heterocycles. The van der Waals surface area contributed by atoms with Crippen LogP contribution in [0.25, 0.3) is 0 Å². The third-order valence-corrected chi connectivity index (χ3v) is 4.38. The molecule has 0 aliphatic carbocycles. The third kappa shape index (κ3) is 4.43. The highest BCUT2D eigenvalue weighted by Crippen LogP contribution is 2.26. The molecule has 1 aliphatic rings. The summed E-state index contributed by atoms with van der Waals surface area (Å²) in [6, 6.07) is 3.87. The van der Waals surface area contributed by atoms with E-state index in [9.17, 15) is 22.8 Å². The molecule has 0 radical (unpaired) electrons. The predicted octanol–water partition coefficient (Wildman–Crippen LogP) is 2.22. The van der Waals surface area contributed by atoms with E-state index in [1.165, 1.54) is 4.90 Å². The van der Waals surface area contributed by atoms with Gasteiger partial charge in [0.2, 0.25) is 0 Å². The highest BCUT2D eigenvalue weighted by molar-refractivity contribution is 5.82. The van der Waals surface area contributed by atoms with Gasteiger partial charge in [-0.25, -0.2) is 0 Å². The Morgan fingerprint density at radius 3 is 2.08 bits per heavy atom. The number of amides is 2. The first-order valence-corrected chi connectivity index (χ1v) is 7.94. The van der Waals surface area contributed by atoms with Crippen LogP contribution in [0.1, 0.15) is 16.7 Å². The number of nitrogens with zero attached hydrogens (tertiary/aromatic N) is 2. The first-order chi connectivity index (χ1) is 11.6. The van der Waals surface area contributed by atoms with Crippen molar-refractivity contribution >= 4 is 11.8 Å². The monoisotopic (exact) mass is 358 g/mol. The molecule has 2 amide bonds. The Hall–Kier alpha value is -2.25. The average Bonchev–Trinajstić information content (AvgIpc) is 2.56. The van der Waals surface area contributed by atoms with Gasteiger partial charge in [-0.05, 0) is 37.5 Å². The van der Waals surface area contributed by atoms with E-state index in [1.807, 2.05) is 32.9 Å². The molecule has 0 N–H and O–H groups in total. The van der Waals surface area contributed by atoms with Gasteiger partial charge in [-0.2, -0.15) is 13.2 Å². The molecule has 138 valence electrons. The van der Waals surface area contributed by atoms with Crippen LogP contribution in [0.3, 0.4) is 0 Å². The summed E-state index contributed by atoms with van der Waals surface area (Å²) in [5, 5.41) is 0. The van der Waals surface area contributed by atoms with Gasteiger partial charge in [0.1, 0.15) is 5.75 Å². The van der Waals surface area contributed by atoms with Crippen LogP contribution in [0.4, 0.5) is 13.2 Å². The lowest BCUT2D eigenvalue weighted by molar-refractivity contribution is -0.187. The van der Waals surface area contributed by atoms with Gasteiger partial charge in [0.15, 0.2) is 6.61 Å². The predicted molar refractivity (Wildman–Crippen MR) is 85.4 cm³/mol. The molecule has 1 fully saturated rings. The molecule has 8 heteroatoms. The number of piperazine rings is 1. The van der Waals surface area contributed by atoms with Crippen molar-refractivity contribution in [1.82, 2.24) is 9.80 Å². The molecule has 0 aromatic heterocycles. The number of alkyl halides is 3. The number of ether oxygens (including phenoxy) is 1. The maximum absolute atomic E-state index is 12.4. The van der Waals surface area contributed by atoms with E-state index in [-0.39, 0.29) is 38.7 Å². The topological polar surface area (TPSA) is 49.9 Å². The van der Waals surface area contributed by atoms with Crippen molar-refractivity contribution in [2.75, 3.05) is 32.8 Å². The molecule has 1 aromatic carbocycles. The molecule has 1 heterocycles. The van der Waals surface area contributed by atoms with Crippen molar-refractivity contribution in [1.29, 1.82) is 0 Å². The fourth-order valence-corrected chi connectivity index (χ4v) is 2.71. The Kier molecular flexibility index (Phi) is 5.59. The summed E-state index contributed by atoms with van der Waals surface area (Å²) in [6.45, 7) is 5.42. The van der Waals surface area contributed by atoms with Crippen molar-refractivity contribution in [2.24, 2.45) is 0 Å². The normalized spacial score (nSPS) is 15.3. The Bertz CT molecular complexity index is 666. The van der Waals surface area contributed by atoms with E-state index in [2.05, 4.69) is 0 Å². The molecule has 25 heavy (non-hydrogen) atoms. The molecular weight excluding hydrogens is 337 g/mol. The molecule has 0 bridgehead atoms. The zero-order chi connectivity index (χ0) is 18.8. The molecule has 1 aromatic rings. The number of benzene rings is 1. The van der Waals surface area contributed by atoms with Gasteiger partial charge >= 0.3 is 12.1 Å².